The molecule has 3 aromatic heterocycles. The van der Waals surface area contributed by atoms with Gasteiger partial charge in [0.1, 0.15) is 17.0 Å². The number of nitrogens with zero attached hydrogens (tertiary/aromatic N) is 5. The third kappa shape index (κ3) is 7.60. The zero-order valence-corrected chi connectivity index (χ0v) is 27.7. The van der Waals surface area contributed by atoms with Gasteiger partial charge in [-0.3, -0.25) is 14.3 Å². The van der Waals surface area contributed by atoms with Gasteiger partial charge in [-0.15, -0.1) is 0 Å². The number of fused-ring (bicyclic) bond motifs is 1. The van der Waals surface area contributed by atoms with E-state index in [0.29, 0.717) is 50.4 Å². The van der Waals surface area contributed by atoms with Gasteiger partial charge in [-0.05, 0) is 80.6 Å². The minimum Gasteiger partial charge on any atom is -0.464 e. The van der Waals surface area contributed by atoms with Crippen molar-refractivity contribution in [3.05, 3.63) is 113 Å². The van der Waals surface area contributed by atoms with Crippen molar-refractivity contribution >= 4 is 23.0 Å². The zero-order chi connectivity index (χ0) is 35.9. The number of imidazole rings is 1. The molecule has 3 atom stereocenters. The van der Waals surface area contributed by atoms with Crippen LogP contribution >= 0.6 is 0 Å². The molecule has 268 valence electrons. The fourth-order valence-electron chi connectivity index (χ4n) is 7.32. The summed E-state index contributed by atoms with van der Waals surface area (Å²) in [6, 6.07) is 17.7. The first-order valence-corrected chi connectivity index (χ1v) is 16.8. The summed E-state index contributed by atoms with van der Waals surface area (Å²) < 4.78 is 89.8. The number of carbonyl (C=O) groups is 1. The predicted molar refractivity (Wildman–Crippen MR) is 178 cm³/mol. The first kappa shape index (κ1) is 34.6. The average molecular weight is 711 g/mol. The Balaban J connectivity index is 1.10. The molecule has 14 heteroatoms. The number of alkyl halides is 6. The van der Waals surface area contributed by atoms with Crippen LogP contribution in [0.25, 0.3) is 11.2 Å². The number of carbonyl (C=O) groups excluding carboxylic acids is 1. The lowest BCUT2D eigenvalue weighted by atomic mass is 9.90. The summed E-state index contributed by atoms with van der Waals surface area (Å²) in [5, 5.41) is 3.61. The van der Waals surface area contributed by atoms with E-state index in [-0.39, 0.29) is 24.7 Å². The minimum absolute atomic E-state index is 0.0474. The third-order valence-corrected chi connectivity index (χ3v) is 9.78. The number of aryl methyl sites for hydroxylation is 1. The number of anilines is 1. The predicted octanol–water partition coefficient (Wildman–Crippen LogP) is 7.82. The van der Waals surface area contributed by atoms with Crippen LogP contribution in [0.1, 0.15) is 57.8 Å². The highest BCUT2D eigenvalue weighted by Gasteiger charge is 2.41. The summed E-state index contributed by atoms with van der Waals surface area (Å²) in [7, 11) is 0. The van der Waals surface area contributed by atoms with Crippen LogP contribution in [0, 0.1) is 6.92 Å². The van der Waals surface area contributed by atoms with Crippen molar-refractivity contribution in [2.75, 3.05) is 25.0 Å². The number of benzene rings is 2. The minimum atomic E-state index is -5.05. The monoisotopic (exact) mass is 710 g/mol. The van der Waals surface area contributed by atoms with Gasteiger partial charge in [0.25, 0.3) is 5.91 Å². The van der Waals surface area contributed by atoms with Gasteiger partial charge in [0.15, 0.2) is 5.65 Å². The van der Waals surface area contributed by atoms with E-state index in [9.17, 15) is 31.1 Å². The van der Waals surface area contributed by atoms with E-state index in [1.165, 1.54) is 4.90 Å². The molecule has 0 spiro atoms. The lowest BCUT2D eigenvalue weighted by Crippen LogP contribution is -2.52. The second-order valence-electron chi connectivity index (χ2n) is 13.3. The van der Waals surface area contributed by atoms with Gasteiger partial charge in [0, 0.05) is 49.5 Å². The summed E-state index contributed by atoms with van der Waals surface area (Å²) in [4.78, 5) is 27.0. The smallest absolute Gasteiger partial charge is 0.416 e. The molecular weight excluding hydrogens is 674 g/mol. The number of amides is 1. The third-order valence-electron chi connectivity index (χ3n) is 9.78. The summed E-state index contributed by atoms with van der Waals surface area (Å²) in [5.41, 5.74) is -1.24. The van der Waals surface area contributed by atoms with Crippen molar-refractivity contribution in [1.29, 1.82) is 0 Å². The lowest BCUT2D eigenvalue weighted by Gasteiger charge is -2.43. The number of piperidine rings is 1. The van der Waals surface area contributed by atoms with Gasteiger partial charge in [0.2, 0.25) is 5.95 Å². The Morgan fingerprint density at radius 2 is 1.67 bits per heavy atom. The molecule has 3 unspecified atom stereocenters. The topological polar surface area (TPSA) is 79.4 Å². The summed E-state index contributed by atoms with van der Waals surface area (Å²) in [5.74, 6) is 1.42. The lowest BCUT2D eigenvalue weighted by molar-refractivity contribution is -0.143. The first-order valence-electron chi connectivity index (χ1n) is 16.8. The Labute approximate surface area is 290 Å². The highest BCUT2D eigenvalue weighted by atomic mass is 19.4. The quantitative estimate of drug-likeness (QED) is 0.166. The Morgan fingerprint density at radius 1 is 0.922 bits per heavy atom. The molecule has 0 aliphatic carbocycles. The van der Waals surface area contributed by atoms with Gasteiger partial charge in [-0.25, -0.2) is 9.97 Å². The molecule has 5 heterocycles. The second-order valence-corrected chi connectivity index (χ2v) is 13.3. The molecule has 1 amide bonds. The zero-order valence-electron chi connectivity index (χ0n) is 27.7. The van der Waals surface area contributed by atoms with Crippen LogP contribution in [0.2, 0.25) is 0 Å². The number of nitrogens with one attached hydrogen (secondary N) is 1. The molecule has 0 bridgehead atoms. The number of furan rings is 1. The van der Waals surface area contributed by atoms with Crippen molar-refractivity contribution < 1.29 is 35.6 Å². The summed E-state index contributed by atoms with van der Waals surface area (Å²) >= 11 is 0. The van der Waals surface area contributed by atoms with Crippen molar-refractivity contribution in [3.8, 4) is 0 Å². The van der Waals surface area contributed by atoms with E-state index < -0.39 is 41.0 Å². The van der Waals surface area contributed by atoms with E-state index in [0.717, 1.165) is 41.2 Å². The second kappa shape index (κ2) is 13.7. The van der Waals surface area contributed by atoms with E-state index in [1.807, 2.05) is 66.1 Å². The van der Waals surface area contributed by atoms with Crippen molar-refractivity contribution in [1.82, 2.24) is 24.3 Å². The fraction of sp³-hybridized carbons (Fsp3) is 0.378. The van der Waals surface area contributed by atoms with Gasteiger partial charge in [0.05, 0.1) is 17.7 Å². The molecule has 2 aromatic carbocycles. The number of pyridine rings is 1. The number of aromatic nitrogens is 3. The molecule has 0 radical (unpaired) electrons. The van der Waals surface area contributed by atoms with Crippen LogP contribution in [0.5, 0.6) is 0 Å². The number of hydrogen-bond donors (Lipinski definition) is 1. The number of halogens is 6. The molecule has 1 N–H and O–H groups in total. The molecule has 2 saturated heterocycles. The van der Waals surface area contributed by atoms with E-state index >= 15 is 0 Å². The van der Waals surface area contributed by atoms with Gasteiger partial charge in [-0.2, -0.15) is 26.3 Å². The molecule has 2 fully saturated rings. The fourth-order valence-corrected chi connectivity index (χ4v) is 7.32. The van der Waals surface area contributed by atoms with Gasteiger partial charge >= 0.3 is 12.4 Å². The van der Waals surface area contributed by atoms with Crippen molar-refractivity contribution in [2.24, 2.45) is 0 Å². The van der Waals surface area contributed by atoms with Crippen LogP contribution < -0.4 is 5.32 Å². The van der Waals surface area contributed by atoms with Crippen molar-refractivity contribution in [2.45, 2.75) is 69.6 Å². The Bertz CT molecular complexity index is 1970. The molecule has 8 nitrogen and oxygen atoms in total. The summed E-state index contributed by atoms with van der Waals surface area (Å²) in [6.45, 7) is 3.99. The largest absolute Gasteiger partial charge is 0.464 e. The Kier molecular flexibility index (Phi) is 9.29. The highest BCUT2D eigenvalue weighted by Crippen LogP contribution is 2.37. The van der Waals surface area contributed by atoms with E-state index in [1.54, 1.807) is 6.20 Å². The van der Waals surface area contributed by atoms with Crippen molar-refractivity contribution in [3.63, 3.8) is 0 Å². The maximum atomic E-state index is 13.8. The number of rotatable bonds is 8. The Hall–Kier alpha value is -4.85. The average Bonchev–Trinajstić information content (AvgIpc) is 3.83. The molecule has 0 saturated carbocycles. The summed E-state index contributed by atoms with van der Waals surface area (Å²) in [6.07, 6.45) is -6.11. The highest BCUT2D eigenvalue weighted by molar-refractivity contribution is 5.95. The molecule has 2 aliphatic heterocycles. The maximum absolute atomic E-state index is 13.8. The Morgan fingerprint density at radius 3 is 2.35 bits per heavy atom. The van der Waals surface area contributed by atoms with Gasteiger partial charge in [-0.1, -0.05) is 30.3 Å². The van der Waals surface area contributed by atoms with Gasteiger partial charge < -0.3 is 14.6 Å². The van der Waals surface area contributed by atoms with Crippen LogP contribution in [0.4, 0.5) is 32.3 Å². The number of likely N-dealkylation sites (tertiary alicyclic amines) is 2. The molecule has 2 aliphatic rings. The molecule has 51 heavy (non-hydrogen) atoms. The molecule has 7 rings (SSSR count). The normalized spacial score (nSPS) is 20.3. The van der Waals surface area contributed by atoms with Crippen LogP contribution in [-0.4, -0.2) is 68.0 Å². The number of hydrogen-bond acceptors (Lipinski definition) is 6. The van der Waals surface area contributed by atoms with Crippen LogP contribution in [0.3, 0.4) is 0 Å². The maximum Gasteiger partial charge on any atom is 0.416 e. The first-order chi connectivity index (χ1) is 24.3. The standard InChI is InChI=1S/C37H36F6N6O2/c1-23-9-10-31(51-23)22-49-33-32(8-5-13-44-33)46-35(49)45-28-11-14-47(21-28)29-12-15-48(30(20-29)16-24-6-3-2-4-7-24)34(50)25-17-26(36(38,39)40)19-27(18-25)37(41,42)43/h2-10,13,17-19,28-30H,11-12,14-16,20-22H2,1H3,(H,45,46). The van der Waals surface area contributed by atoms with Crippen LogP contribution in [0.15, 0.2) is 83.4 Å². The van der Waals surface area contributed by atoms with E-state index in [2.05, 4.69) is 15.2 Å². The van der Waals surface area contributed by atoms with Crippen LogP contribution in [-0.2, 0) is 25.3 Å². The molecular formula is C37H36F6N6O2. The molecule has 5 aromatic rings. The SMILES string of the molecule is Cc1ccc(Cn2c(NC3CCN(C4CCN(C(=O)c5cc(C(F)(F)F)cc(C(F)(F)F)c5)C(Cc5ccccc5)C4)C3)nc3cccnc32)o1. The van der Waals surface area contributed by atoms with E-state index in [4.69, 9.17) is 9.40 Å².